The van der Waals surface area contributed by atoms with Gasteiger partial charge in [0, 0.05) is 6.61 Å². The van der Waals surface area contributed by atoms with Crippen LogP contribution in [0.4, 0.5) is 0 Å². The summed E-state index contributed by atoms with van der Waals surface area (Å²) in [4.78, 5) is 53.8. The molecule has 3 fully saturated rings. The Bertz CT molecular complexity index is 2450. The fourth-order valence-corrected chi connectivity index (χ4v) is 7.32. The van der Waals surface area contributed by atoms with E-state index in [2.05, 4.69) is 49.4 Å². The Morgan fingerprint density at radius 1 is 0.591 bits per heavy atom. The average molecular weight is 993 g/mol. The zero-order chi connectivity index (χ0) is 46.6. The van der Waals surface area contributed by atoms with Gasteiger partial charge in [-0.1, -0.05) is 11.6 Å². The number of aliphatic hydroxyl groups is 9. The Hall–Kier alpha value is -2.43. The molecular formula is C34H48ClN12Na2O16P. The number of phosphoric acid groups is 1. The Balaban J connectivity index is 0.000000332. The predicted octanol–water partition coefficient (Wildman–Crippen LogP) is -9.07. The standard InChI is InChI=1S/C11H15N4O7P.C11H14N4O4.C10H11ClN4O4.C2H6O.2Na.2H/c1-5-7-10(13-3-12-5)15(4-14-7)11-9(17)8(16)6(22-11)2-21-23(18,19)20;1-5-7-10(13-3-12-5)15(4-14-7)11-9(18)8(17)6(2-16)19-11;11-8-5-9(13-2-12-8)15(3-14-5)10-7(18)6(17)4(1-16)19-10;1-2-3;;;;/h3-4,6,8-9,11,16-17H,2H2,1H3,(H2,18,19,20);3-4,6,8-9,11,16-18H,2H2,1H3;2-4,6-7,10,16-18H,1H2;3H,2H2,1H3;;;;/q;;;;2*+1;2*-1/t2*6-,8-,9-,11-;4-,6-,7-,10-;;;;;/m111...../s1. The van der Waals surface area contributed by atoms with E-state index in [4.69, 9.17) is 50.9 Å². The first kappa shape index (κ1) is 56.2. The smallest absolute Gasteiger partial charge is 1.00 e. The number of nitrogens with zero attached hydrogens (tertiary/aromatic N) is 12. The summed E-state index contributed by atoms with van der Waals surface area (Å²) in [5, 5.41) is 85.4. The summed E-state index contributed by atoms with van der Waals surface area (Å²) in [7, 11) is -4.70. The maximum Gasteiger partial charge on any atom is 1.00 e. The molecule has 0 bridgehead atoms. The zero-order valence-electron chi connectivity index (χ0n) is 37.9. The second-order valence-corrected chi connectivity index (χ2v) is 15.8. The molecule has 28 nitrogen and oxygen atoms in total. The van der Waals surface area contributed by atoms with Crippen molar-refractivity contribution < 1.29 is 141 Å². The number of hydrogen-bond donors (Lipinski definition) is 11. The molecule has 0 spiro atoms. The van der Waals surface area contributed by atoms with Gasteiger partial charge in [0.1, 0.15) is 90.5 Å². The third-order valence-corrected chi connectivity index (χ3v) is 10.8. The van der Waals surface area contributed by atoms with Gasteiger partial charge >= 0.3 is 66.9 Å². The van der Waals surface area contributed by atoms with Crippen LogP contribution in [-0.4, -0.2) is 196 Å². The molecule has 66 heavy (non-hydrogen) atoms. The first-order chi connectivity index (χ1) is 30.5. The maximum absolute atomic E-state index is 10.7. The SMILES string of the molecule is CCO.Cc1ncnc2c1ncn2[C@@H]1O[C@H](CO)[C@@H](O)[C@H]1O.Cc1ncnc2c1ncn2[C@@H]1O[C@H](COP(=O)(O)O)[C@@H](O)[C@H]1O.OC[C@H]1O[C@@H](n2cnc3c(Cl)ncnc32)[C@H](O)[C@@H]1O.[H-].[H-].[Na+].[Na+]. The Labute approximate surface area is 425 Å². The van der Waals surface area contributed by atoms with E-state index in [9.17, 15) is 35.2 Å². The van der Waals surface area contributed by atoms with Crippen LogP contribution >= 0.6 is 19.4 Å². The predicted molar refractivity (Wildman–Crippen MR) is 215 cm³/mol. The quantitative estimate of drug-likeness (QED) is 0.0383. The molecule has 9 rings (SSSR count). The normalized spacial score (nSPS) is 28.2. The molecule has 3 saturated heterocycles. The van der Waals surface area contributed by atoms with E-state index in [1.54, 1.807) is 20.8 Å². The fourth-order valence-electron chi connectivity index (χ4n) is 6.81. The van der Waals surface area contributed by atoms with Crippen LogP contribution in [0.3, 0.4) is 0 Å². The van der Waals surface area contributed by atoms with Gasteiger partial charge in [-0.3, -0.25) is 18.2 Å². The van der Waals surface area contributed by atoms with Crippen molar-refractivity contribution in [1.82, 2.24) is 58.6 Å². The van der Waals surface area contributed by atoms with Crippen molar-refractivity contribution in [1.29, 1.82) is 0 Å². The van der Waals surface area contributed by atoms with Crippen molar-refractivity contribution in [3.05, 3.63) is 54.5 Å². The summed E-state index contributed by atoms with van der Waals surface area (Å²) in [5.74, 6) is 0. The van der Waals surface area contributed by atoms with E-state index in [0.717, 1.165) is 5.69 Å². The minimum Gasteiger partial charge on any atom is -1.00 e. The molecule has 6 aromatic rings. The molecule has 9 heterocycles. The van der Waals surface area contributed by atoms with Crippen LogP contribution in [0.5, 0.6) is 0 Å². The number of hydrogen-bond acceptors (Lipinski definition) is 23. The molecule has 0 aromatic carbocycles. The summed E-state index contributed by atoms with van der Waals surface area (Å²) in [6.07, 6.45) is -4.63. The molecule has 0 unspecified atom stereocenters. The first-order valence-corrected chi connectivity index (χ1v) is 21.1. The van der Waals surface area contributed by atoms with E-state index < -0.39 is 94.7 Å². The number of aliphatic hydroxyl groups excluding tert-OH is 9. The van der Waals surface area contributed by atoms with E-state index in [-0.39, 0.29) is 80.3 Å². The molecule has 11 N–H and O–H groups in total. The fraction of sp³-hybridized carbons (Fsp3) is 0.559. The third kappa shape index (κ3) is 12.1. The van der Waals surface area contributed by atoms with Crippen molar-refractivity contribution in [3.63, 3.8) is 0 Å². The van der Waals surface area contributed by atoms with E-state index in [0.29, 0.717) is 39.2 Å². The number of ether oxygens (including phenoxy) is 3. The molecule has 3 aliphatic heterocycles. The molecule has 0 radical (unpaired) electrons. The van der Waals surface area contributed by atoms with Crippen LogP contribution in [0.1, 0.15) is 39.8 Å². The summed E-state index contributed by atoms with van der Waals surface area (Å²) in [6, 6.07) is 0. The van der Waals surface area contributed by atoms with Gasteiger partial charge < -0.3 is 72.8 Å². The van der Waals surface area contributed by atoms with Gasteiger partial charge in [0.2, 0.25) is 0 Å². The monoisotopic (exact) mass is 992 g/mol. The van der Waals surface area contributed by atoms with Crippen LogP contribution in [0.2, 0.25) is 5.15 Å². The van der Waals surface area contributed by atoms with Crippen LogP contribution in [-0.2, 0) is 23.3 Å². The van der Waals surface area contributed by atoms with Gasteiger partial charge in [-0.15, -0.1) is 0 Å². The van der Waals surface area contributed by atoms with Crippen LogP contribution in [0, 0.1) is 13.8 Å². The average Bonchev–Trinajstić information content (AvgIpc) is 4.13. The number of aromatic nitrogens is 12. The van der Waals surface area contributed by atoms with Gasteiger partial charge in [0.25, 0.3) is 0 Å². The van der Waals surface area contributed by atoms with Gasteiger partial charge in [0.15, 0.2) is 40.8 Å². The minimum absolute atomic E-state index is 0. The number of aryl methyl sites for hydroxylation is 2. The molecule has 0 saturated carbocycles. The Kier molecular flexibility index (Phi) is 20.8. The van der Waals surface area contributed by atoms with Crippen molar-refractivity contribution in [2.75, 3.05) is 26.4 Å². The van der Waals surface area contributed by atoms with Gasteiger partial charge in [-0.2, -0.15) is 0 Å². The second-order valence-electron chi connectivity index (χ2n) is 14.2. The van der Waals surface area contributed by atoms with Crippen LogP contribution in [0.25, 0.3) is 33.5 Å². The van der Waals surface area contributed by atoms with Crippen LogP contribution < -0.4 is 59.1 Å². The molecule has 0 amide bonds. The summed E-state index contributed by atoms with van der Waals surface area (Å²) < 4.78 is 35.8. The zero-order valence-corrected chi connectivity index (χ0v) is 41.5. The van der Waals surface area contributed by atoms with Gasteiger partial charge in [-0.05, 0) is 20.8 Å². The molecule has 3 aliphatic rings. The molecule has 6 aromatic heterocycles. The van der Waals surface area contributed by atoms with Crippen molar-refractivity contribution in [3.8, 4) is 0 Å². The molecular weight excluding hydrogens is 945 g/mol. The van der Waals surface area contributed by atoms with Crippen molar-refractivity contribution >= 4 is 52.9 Å². The number of fused-ring (bicyclic) bond motifs is 3. The number of imidazole rings is 3. The first-order valence-electron chi connectivity index (χ1n) is 19.1. The van der Waals surface area contributed by atoms with Gasteiger partial charge in [0.05, 0.1) is 50.2 Å². The molecule has 0 aliphatic carbocycles. The maximum atomic E-state index is 10.7. The Morgan fingerprint density at radius 2 is 0.924 bits per heavy atom. The summed E-state index contributed by atoms with van der Waals surface area (Å²) in [6.45, 7) is 4.16. The summed E-state index contributed by atoms with van der Waals surface area (Å²) >= 11 is 5.88. The Morgan fingerprint density at radius 3 is 1.29 bits per heavy atom. The topological polar surface area (TPSA) is 407 Å². The third-order valence-electron chi connectivity index (χ3n) is 10.00. The number of rotatable bonds is 8. The largest absolute Gasteiger partial charge is 1.00 e. The van der Waals surface area contributed by atoms with Crippen molar-refractivity contribution in [2.45, 2.75) is 94.4 Å². The van der Waals surface area contributed by atoms with E-state index in [1.165, 1.54) is 51.7 Å². The van der Waals surface area contributed by atoms with Crippen LogP contribution in [0.15, 0.2) is 38.0 Å². The summed E-state index contributed by atoms with van der Waals surface area (Å²) in [5.41, 5.74) is 4.18. The second kappa shape index (κ2) is 24.4. The van der Waals surface area contributed by atoms with E-state index >= 15 is 0 Å². The van der Waals surface area contributed by atoms with E-state index in [1.807, 2.05) is 0 Å². The molecule has 12 atom stereocenters. The number of halogens is 1. The molecule has 32 heteroatoms. The minimum atomic E-state index is -4.70. The molecule has 354 valence electrons. The van der Waals surface area contributed by atoms with Gasteiger partial charge in [-0.25, -0.2) is 49.4 Å². The van der Waals surface area contributed by atoms with Crippen molar-refractivity contribution in [2.24, 2.45) is 0 Å². The number of phosphoric ester groups is 1.